The summed E-state index contributed by atoms with van der Waals surface area (Å²) < 4.78 is 0. The third kappa shape index (κ3) is 3.47. The van der Waals surface area contributed by atoms with E-state index in [1.54, 1.807) is 4.90 Å². The van der Waals surface area contributed by atoms with Gasteiger partial charge in [0.15, 0.2) is 0 Å². The first-order valence-electron chi connectivity index (χ1n) is 9.27. The summed E-state index contributed by atoms with van der Waals surface area (Å²) in [5, 5.41) is 0. The highest BCUT2D eigenvalue weighted by molar-refractivity contribution is 6.00. The Morgan fingerprint density at radius 1 is 1.25 bits per heavy atom. The quantitative estimate of drug-likeness (QED) is 0.848. The van der Waals surface area contributed by atoms with Crippen LogP contribution in [0.3, 0.4) is 0 Å². The smallest absolute Gasteiger partial charge is 0.228 e. The number of rotatable bonds is 4. The average Bonchev–Trinajstić information content (AvgIpc) is 2.98. The van der Waals surface area contributed by atoms with Crippen molar-refractivity contribution in [2.75, 3.05) is 18.0 Å². The first-order chi connectivity index (χ1) is 11.6. The molecule has 2 amide bonds. The molecule has 0 N–H and O–H groups in total. The van der Waals surface area contributed by atoms with E-state index < -0.39 is 0 Å². The van der Waals surface area contributed by atoms with Gasteiger partial charge < -0.3 is 9.80 Å². The molecule has 0 spiro atoms. The van der Waals surface area contributed by atoms with E-state index in [1.165, 1.54) is 19.3 Å². The summed E-state index contributed by atoms with van der Waals surface area (Å²) >= 11 is 0. The topological polar surface area (TPSA) is 40.6 Å². The van der Waals surface area contributed by atoms with Crippen molar-refractivity contribution in [3.63, 3.8) is 0 Å². The van der Waals surface area contributed by atoms with E-state index in [9.17, 15) is 9.59 Å². The number of hydrogen-bond acceptors (Lipinski definition) is 2. The molecule has 4 heteroatoms. The monoisotopic (exact) mass is 328 g/mol. The van der Waals surface area contributed by atoms with E-state index in [1.807, 2.05) is 36.1 Å². The number of aryl methyl sites for hydroxylation is 1. The highest BCUT2D eigenvalue weighted by Gasteiger charge is 2.38. The minimum absolute atomic E-state index is 0.0682. The zero-order valence-electron chi connectivity index (χ0n) is 14.8. The van der Waals surface area contributed by atoms with Crippen LogP contribution in [0, 0.1) is 12.8 Å². The SMILES string of the molecule is CCN(C(=O)C1CC(=O)N(c2cccc(C)c2)C1)C1CCCCC1. The van der Waals surface area contributed by atoms with Crippen LogP contribution in [0.25, 0.3) is 0 Å². The summed E-state index contributed by atoms with van der Waals surface area (Å²) in [6, 6.07) is 8.33. The molecule has 1 saturated heterocycles. The molecule has 1 unspecified atom stereocenters. The Morgan fingerprint density at radius 2 is 2.00 bits per heavy atom. The lowest BCUT2D eigenvalue weighted by molar-refractivity contribution is -0.138. The molecule has 1 saturated carbocycles. The normalized spacial score (nSPS) is 22.0. The molecule has 1 heterocycles. The minimum atomic E-state index is -0.195. The maximum absolute atomic E-state index is 13.0. The molecule has 2 aliphatic rings. The van der Waals surface area contributed by atoms with E-state index in [-0.39, 0.29) is 17.7 Å². The van der Waals surface area contributed by atoms with Crippen molar-refractivity contribution in [3.8, 4) is 0 Å². The van der Waals surface area contributed by atoms with E-state index in [4.69, 9.17) is 0 Å². The standard InChI is InChI=1S/C20H28N2O2/c1-3-21(17-9-5-4-6-10-17)20(24)16-13-19(23)22(14-16)18-11-7-8-15(2)12-18/h7-8,11-12,16-17H,3-6,9-10,13-14H2,1-2H3. The van der Waals surface area contributed by atoms with Crippen molar-refractivity contribution in [1.82, 2.24) is 4.90 Å². The van der Waals surface area contributed by atoms with Crippen LogP contribution in [0.15, 0.2) is 24.3 Å². The van der Waals surface area contributed by atoms with Crippen molar-refractivity contribution in [2.45, 2.75) is 58.4 Å². The summed E-state index contributed by atoms with van der Waals surface area (Å²) in [6.07, 6.45) is 6.28. The van der Waals surface area contributed by atoms with Gasteiger partial charge in [-0.1, -0.05) is 31.4 Å². The molecular weight excluding hydrogens is 300 g/mol. The number of nitrogens with zero attached hydrogens (tertiary/aromatic N) is 2. The number of benzene rings is 1. The summed E-state index contributed by atoms with van der Waals surface area (Å²) in [7, 11) is 0. The molecule has 2 fully saturated rings. The lowest BCUT2D eigenvalue weighted by atomic mass is 9.93. The molecule has 130 valence electrons. The van der Waals surface area contributed by atoms with Gasteiger partial charge in [-0.25, -0.2) is 0 Å². The van der Waals surface area contributed by atoms with Crippen LogP contribution in [0.5, 0.6) is 0 Å². The van der Waals surface area contributed by atoms with Gasteiger partial charge in [0.25, 0.3) is 0 Å². The van der Waals surface area contributed by atoms with Crippen molar-refractivity contribution in [1.29, 1.82) is 0 Å². The maximum Gasteiger partial charge on any atom is 0.228 e. The van der Waals surface area contributed by atoms with Crippen molar-refractivity contribution >= 4 is 17.5 Å². The third-order valence-electron chi connectivity index (χ3n) is 5.43. The third-order valence-corrected chi connectivity index (χ3v) is 5.43. The predicted octanol–water partition coefficient (Wildman–Crippen LogP) is 3.53. The van der Waals surface area contributed by atoms with Crippen LogP contribution >= 0.6 is 0 Å². The summed E-state index contributed by atoms with van der Waals surface area (Å²) in [4.78, 5) is 29.3. The second-order valence-corrected chi connectivity index (χ2v) is 7.16. The van der Waals surface area contributed by atoms with E-state index >= 15 is 0 Å². The lowest BCUT2D eigenvalue weighted by Crippen LogP contribution is -2.45. The van der Waals surface area contributed by atoms with Gasteiger partial charge in [0, 0.05) is 31.2 Å². The van der Waals surface area contributed by atoms with E-state index in [0.29, 0.717) is 19.0 Å². The van der Waals surface area contributed by atoms with Crippen LogP contribution in [0.1, 0.15) is 51.0 Å². The molecule has 1 atom stereocenters. The van der Waals surface area contributed by atoms with E-state index in [2.05, 4.69) is 6.92 Å². The minimum Gasteiger partial charge on any atom is -0.340 e. The van der Waals surface area contributed by atoms with Gasteiger partial charge in [0.2, 0.25) is 11.8 Å². The molecule has 1 aromatic carbocycles. The van der Waals surface area contributed by atoms with Crippen LogP contribution in [-0.2, 0) is 9.59 Å². The number of carbonyl (C=O) groups excluding carboxylic acids is 2. The molecule has 1 aliphatic carbocycles. The number of hydrogen-bond donors (Lipinski definition) is 0. The van der Waals surface area contributed by atoms with Gasteiger partial charge in [-0.2, -0.15) is 0 Å². The molecule has 1 aromatic rings. The summed E-state index contributed by atoms with van der Waals surface area (Å²) in [5.41, 5.74) is 2.04. The van der Waals surface area contributed by atoms with Gasteiger partial charge >= 0.3 is 0 Å². The van der Waals surface area contributed by atoms with Crippen LogP contribution in [-0.4, -0.2) is 35.8 Å². The Balaban J connectivity index is 1.71. The van der Waals surface area contributed by atoms with Crippen LogP contribution in [0.2, 0.25) is 0 Å². The Morgan fingerprint density at radius 3 is 2.67 bits per heavy atom. The second-order valence-electron chi connectivity index (χ2n) is 7.16. The molecule has 1 aliphatic heterocycles. The fourth-order valence-corrected chi connectivity index (χ4v) is 4.14. The zero-order valence-corrected chi connectivity index (χ0v) is 14.8. The zero-order chi connectivity index (χ0) is 17.1. The fraction of sp³-hybridized carbons (Fsp3) is 0.600. The Hall–Kier alpha value is -1.84. The average molecular weight is 328 g/mol. The first kappa shape index (κ1) is 17.0. The van der Waals surface area contributed by atoms with Crippen molar-refractivity contribution in [3.05, 3.63) is 29.8 Å². The second kappa shape index (κ2) is 7.37. The molecule has 24 heavy (non-hydrogen) atoms. The van der Waals surface area contributed by atoms with Gasteiger partial charge in [-0.05, 0) is 44.4 Å². The molecule has 0 aromatic heterocycles. The molecular formula is C20H28N2O2. The molecule has 3 rings (SSSR count). The Bertz CT molecular complexity index is 607. The highest BCUT2D eigenvalue weighted by Crippen LogP contribution is 2.29. The summed E-state index contributed by atoms with van der Waals surface area (Å²) in [6.45, 7) is 5.35. The van der Waals surface area contributed by atoms with Crippen molar-refractivity contribution < 1.29 is 9.59 Å². The van der Waals surface area contributed by atoms with E-state index in [0.717, 1.165) is 30.6 Å². The molecule has 0 bridgehead atoms. The van der Waals surface area contributed by atoms with Crippen molar-refractivity contribution in [2.24, 2.45) is 5.92 Å². The van der Waals surface area contributed by atoms with Crippen LogP contribution < -0.4 is 4.90 Å². The summed E-state index contributed by atoms with van der Waals surface area (Å²) in [5.74, 6) is 0.0476. The highest BCUT2D eigenvalue weighted by atomic mass is 16.2. The molecule has 4 nitrogen and oxygen atoms in total. The van der Waals surface area contributed by atoms with Gasteiger partial charge in [-0.3, -0.25) is 9.59 Å². The number of carbonyl (C=O) groups is 2. The van der Waals surface area contributed by atoms with Gasteiger partial charge in [0.1, 0.15) is 0 Å². The largest absolute Gasteiger partial charge is 0.340 e. The van der Waals surface area contributed by atoms with Gasteiger partial charge in [-0.15, -0.1) is 0 Å². The van der Waals surface area contributed by atoms with Gasteiger partial charge in [0.05, 0.1) is 5.92 Å². The first-order valence-corrected chi connectivity index (χ1v) is 9.27. The lowest BCUT2D eigenvalue weighted by Gasteiger charge is -2.35. The Kier molecular flexibility index (Phi) is 5.22. The Labute approximate surface area is 144 Å². The maximum atomic E-state index is 13.0. The molecule has 0 radical (unpaired) electrons. The fourth-order valence-electron chi connectivity index (χ4n) is 4.14. The predicted molar refractivity (Wildman–Crippen MR) is 95.9 cm³/mol. The number of anilines is 1. The number of amides is 2. The van der Waals surface area contributed by atoms with Crippen LogP contribution in [0.4, 0.5) is 5.69 Å².